The van der Waals surface area contributed by atoms with E-state index in [1.807, 2.05) is 12.1 Å². The number of methoxy groups -OCH3 is 3. The molecule has 1 aliphatic rings. The van der Waals surface area contributed by atoms with Crippen molar-refractivity contribution >= 4 is 31.3 Å². The Bertz CT molecular complexity index is 1530. The lowest BCUT2D eigenvalue weighted by atomic mass is 9.97. The third-order valence-corrected chi connectivity index (χ3v) is 8.09. The van der Waals surface area contributed by atoms with Crippen LogP contribution >= 0.6 is 0 Å². The van der Waals surface area contributed by atoms with E-state index >= 15 is 0 Å². The van der Waals surface area contributed by atoms with Crippen LogP contribution in [0.2, 0.25) is 0 Å². The fraction of sp³-hybridized carbons (Fsp3) is 0.240. The SMILES string of the molecule is COc1cc(C2CC(c3ccc(S(C)(=O)=O)cc3)=NN2c2ccc(S(N)(=O)=O)cc2)cc(OC)c1OC. The second-order valence-electron chi connectivity index (χ2n) is 8.41. The van der Waals surface area contributed by atoms with Gasteiger partial charge in [-0.3, -0.25) is 5.01 Å². The first-order valence-corrected chi connectivity index (χ1v) is 14.5. The van der Waals surface area contributed by atoms with Gasteiger partial charge in [-0.05, 0) is 59.7 Å². The highest BCUT2D eigenvalue weighted by Crippen LogP contribution is 2.44. The number of hydrogen-bond donors (Lipinski definition) is 1. The number of hydrogen-bond acceptors (Lipinski definition) is 9. The van der Waals surface area contributed by atoms with Crippen molar-refractivity contribution in [1.82, 2.24) is 0 Å². The molecule has 3 aromatic carbocycles. The molecule has 0 saturated heterocycles. The molecule has 0 spiro atoms. The van der Waals surface area contributed by atoms with E-state index < -0.39 is 19.9 Å². The van der Waals surface area contributed by atoms with Gasteiger partial charge in [0.05, 0.1) is 48.6 Å². The molecular formula is C25H27N3O7S2. The summed E-state index contributed by atoms with van der Waals surface area (Å²) in [5.74, 6) is 1.41. The number of primary sulfonamides is 1. The molecule has 196 valence electrons. The molecule has 0 amide bonds. The van der Waals surface area contributed by atoms with Gasteiger partial charge < -0.3 is 14.2 Å². The average Bonchev–Trinajstić information content (AvgIpc) is 3.32. The number of sulfonamides is 1. The van der Waals surface area contributed by atoms with Gasteiger partial charge in [-0.15, -0.1) is 0 Å². The minimum Gasteiger partial charge on any atom is -0.493 e. The smallest absolute Gasteiger partial charge is 0.238 e. The van der Waals surface area contributed by atoms with Gasteiger partial charge in [-0.2, -0.15) is 5.10 Å². The van der Waals surface area contributed by atoms with E-state index in [1.165, 1.54) is 33.5 Å². The van der Waals surface area contributed by atoms with Crippen molar-refractivity contribution in [2.45, 2.75) is 22.3 Å². The van der Waals surface area contributed by atoms with Crippen LogP contribution in [0.15, 0.2) is 75.6 Å². The fourth-order valence-corrected chi connectivity index (χ4v) is 5.31. The zero-order valence-corrected chi connectivity index (χ0v) is 22.3. The number of sulfone groups is 1. The van der Waals surface area contributed by atoms with E-state index in [1.54, 1.807) is 41.4 Å². The van der Waals surface area contributed by atoms with Gasteiger partial charge >= 0.3 is 0 Å². The van der Waals surface area contributed by atoms with Crippen LogP contribution in [0.4, 0.5) is 5.69 Å². The van der Waals surface area contributed by atoms with E-state index in [4.69, 9.17) is 24.5 Å². The summed E-state index contributed by atoms with van der Waals surface area (Å²) in [5.41, 5.74) is 2.92. The Hall–Kier alpha value is -3.61. The number of nitrogens with zero attached hydrogens (tertiary/aromatic N) is 2. The first-order chi connectivity index (χ1) is 17.5. The number of rotatable bonds is 8. The number of benzene rings is 3. The Labute approximate surface area is 216 Å². The van der Waals surface area contributed by atoms with Crippen LogP contribution in [0.25, 0.3) is 0 Å². The Morgan fingerprint density at radius 2 is 1.38 bits per heavy atom. The third-order valence-electron chi connectivity index (χ3n) is 6.03. The van der Waals surface area contributed by atoms with E-state index in [0.717, 1.165) is 17.4 Å². The van der Waals surface area contributed by atoms with Crippen molar-refractivity contribution in [3.8, 4) is 17.2 Å². The Balaban J connectivity index is 1.81. The molecule has 0 aromatic heterocycles. The molecule has 1 heterocycles. The van der Waals surface area contributed by atoms with Crippen LogP contribution < -0.4 is 24.4 Å². The highest BCUT2D eigenvalue weighted by Gasteiger charge is 2.32. The lowest BCUT2D eigenvalue weighted by Gasteiger charge is -2.25. The number of nitrogens with two attached hydrogens (primary N) is 1. The van der Waals surface area contributed by atoms with Gasteiger partial charge in [0, 0.05) is 12.7 Å². The summed E-state index contributed by atoms with van der Waals surface area (Å²) < 4.78 is 63.8. The van der Waals surface area contributed by atoms with E-state index in [0.29, 0.717) is 35.1 Å². The highest BCUT2D eigenvalue weighted by atomic mass is 32.2. The van der Waals surface area contributed by atoms with Gasteiger partial charge in [-0.1, -0.05) is 12.1 Å². The van der Waals surface area contributed by atoms with Crippen molar-refractivity contribution in [2.75, 3.05) is 32.6 Å². The van der Waals surface area contributed by atoms with E-state index in [9.17, 15) is 16.8 Å². The van der Waals surface area contributed by atoms with Gasteiger partial charge in [0.25, 0.3) is 0 Å². The molecule has 2 N–H and O–H groups in total. The van der Waals surface area contributed by atoms with Crippen molar-refractivity contribution in [3.63, 3.8) is 0 Å². The summed E-state index contributed by atoms with van der Waals surface area (Å²) in [4.78, 5) is 0.201. The lowest BCUT2D eigenvalue weighted by Crippen LogP contribution is -2.19. The molecule has 0 fully saturated rings. The maximum Gasteiger partial charge on any atom is 0.238 e. The molecule has 0 saturated carbocycles. The zero-order chi connectivity index (χ0) is 27.0. The molecule has 0 aliphatic carbocycles. The molecule has 37 heavy (non-hydrogen) atoms. The van der Waals surface area contributed by atoms with Crippen LogP contribution in [-0.2, 0) is 19.9 Å². The van der Waals surface area contributed by atoms with Gasteiger partial charge in [0.15, 0.2) is 21.3 Å². The summed E-state index contributed by atoms with van der Waals surface area (Å²) in [5, 5.41) is 11.9. The molecule has 0 radical (unpaired) electrons. The molecule has 1 unspecified atom stereocenters. The summed E-state index contributed by atoms with van der Waals surface area (Å²) in [6.45, 7) is 0. The largest absolute Gasteiger partial charge is 0.493 e. The highest BCUT2D eigenvalue weighted by molar-refractivity contribution is 7.90. The van der Waals surface area contributed by atoms with Gasteiger partial charge in [-0.25, -0.2) is 22.0 Å². The molecule has 12 heteroatoms. The maximum atomic E-state index is 11.9. The van der Waals surface area contributed by atoms with Crippen molar-refractivity contribution in [2.24, 2.45) is 10.2 Å². The first kappa shape index (κ1) is 26.5. The molecule has 3 aromatic rings. The number of ether oxygens (including phenoxy) is 3. The fourth-order valence-electron chi connectivity index (χ4n) is 4.16. The Kier molecular flexibility index (Phi) is 7.18. The predicted molar refractivity (Wildman–Crippen MR) is 140 cm³/mol. The lowest BCUT2D eigenvalue weighted by molar-refractivity contribution is 0.323. The monoisotopic (exact) mass is 545 g/mol. The molecule has 0 bridgehead atoms. The van der Waals surface area contributed by atoms with Crippen molar-refractivity contribution < 1.29 is 31.0 Å². The summed E-state index contributed by atoms with van der Waals surface area (Å²) in [6.07, 6.45) is 1.62. The minimum atomic E-state index is -3.85. The molecule has 4 rings (SSSR count). The van der Waals surface area contributed by atoms with Crippen LogP contribution in [-0.4, -0.2) is 50.1 Å². The first-order valence-electron chi connectivity index (χ1n) is 11.1. The third kappa shape index (κ3) is 5.41. The second kappa shape index (κ2) is 10.0. The van der Waals surface area contributed by atoms with Crippen LogP contribution in [0.1, 0.15) is 23.6 Å². The maximum absolute atomic E-state index is 11.9. The Morgan fingerprint density at radius 3 is 1.84 bits per heavy atom. The van der Waals surface area contributed by atoms with E-state index in [-0.39, 0.29) is 15.8 Å². The molecule has 1 atom stereocenters. The minimum absolute atomic E-state index is 0.0136. The van der Waals surface area contributed by atoms with Crippen LogP contribution in [0.5, 0.6) is 17.2 Å². The second-order valence-corrected chi connectivity index (χ2v) is 12.0. The van der Waals surface area contributed by atoms with Crippen LogP contribution in [0.3, 0.4) is 0 Å². The van der Waals surface area contributed by atoms with Crippen molar-refractivity contribution in [3.05, 3.63) is 71.8 Å². The quantitative estimate of drug-likeness (QED) is 0.456. The van der Waals surface area contributed by atoms with Gasteiger partial charge in [0.1, 0.15) is 0 Å². The van der Waals surface area contributed by atoms with Gasteiger partial charge in [0.2, 0.25) is 15.8 Å². The molecule has 10 nitrogen and oxygen atoms in total. The molecular weight excluding hydrogens is 518 g/mol. The number of anilines is 1. The summed E-state index contributed by atoms with van der Waals surface area (Å²) in [6, 6.07) is 16.0. The average molecular weight is 546 g/mol. The normalized spacial score (nSPS) is 15.9. The number of hydrazone groups is 1. The van der Waals surface area contributed by atoms with E-state index in [2.05, 4.69) is 0 Å². The summed E-state index contributed by atoms with van der Waals surface area (Å²) in [7, 11) is -2.60. The molecule has 1 aliphatic heterocycles. The summed E-state index contributed by atoms with van der Waals surface area (Å²) >= 11 is 0. The zero-order valence-electron chi connectivity index (χ0n) is 20.7. The Morgan fingerprint density at radius 1 is 0.838 bits per heavy atom. The predicted octanol–water partition coefficient (Wildman–Crippen LogP) is 3.12. The standard InChI is InChI=1S/C25H27N3O7S2/c1-33-23-13-17(14-24(34-2)25(23)35-3)22-15-21(16-5-9-19(10-6-16)36(4,29)30)27-28(22)18-7-11-20(12-8-18)37(26,31)32/h5-14,22H,15H2,1-4H3,(H2,26,31,32). The topological polar surface area (TPSA) is 138 Å². The van der Waals surface area contributed by atoms with Crippen LogP contribution in [0, 0.1) is 0 Å². The van der Waals surface area contributed by atoms with Crippen molar-refractivity contribution in [1.29, 1.82) is 0 Å².